The van der Waals surface area contributed by atoms with Gasteiger partial charge in [-0.15, -0.1) is 0 Å². The summed E-state index contributed by atoms with van der Waals surface area (Å²) in [6.45, 7) is 0. The summed E-state index contributed by atoms with van der Waals surface area (Å²) in [6.07, 6.45) is 0. The molecule has 0 amide bonds. The summed E-state index contributed by atoms with van der Waals surface area (Å²) in [5.41, 5.74) is 4.07. The Labute approximate surface area is 150 Å². The number of hydrogen-bond acceptors (Lipinski definition) is 0. The summed E-state index contributed by atoms with van der Waals surface area (Å²) < 4.78 is 2.37. The average Bonchev–Trinajstić information content (AvgIpc) is 3.09. The predicted molar refractivity (Wildman–Crippen MR) is 106 cm³/mol. The maximum absolute atomic E-state index is 3.68. The second kappa shape index (κ2) is 5.07. The Morgan fingerprint density at radius 2 is 1.46 bits per heavy atom. The number of aryl methyl sites for hydroxylation is 1. The first kappa shape index (κ1) is 14.5. The molecule has 1 nitrogen and oxygen atoms in total. The molecule has 1 aromatic heterocycles. The van der Waals surface area contributed by atoms with Gasteiger partial charge in [0.2, 0.25) is 0 Å². The summed E-state index contributed by atoms with van der Waals surface area (Å²) in [5.74, 6) is -1.72. The quantitative estimate of drug-likeness (QED) is 0.345. The fraction of sp³-hybridized carbons (Fsp3) is 0.0476. The molecule has 0 saturated heterocycles. The van der Waals surface area contributed by atoms with Gasteiger partial charge in [-0.3, -0.25) is 0 Å². The van der Waals surface area contributed by atoms with Crippen LogP contribution in [-0.4, -0.2) is 20.1 Å². The van der Waals surface area contributed by atoms with Crippen LogP contribution in [0.2, 0.25) is 0 Å². The van der Waals surface area contributed by atoms with E-state index >= 15 is 0 Å². The number of fused-ring (bicyclic) bond motifs is 5. The fourth-order valence-corrected chi connectivity index (χ4v) is 10.2. The van der Waals surface area contributed by atoms with Crippen LogP contribution in [0, 0.1) is 0 Å². The van der Waals surface area contributed by atoms with Gasteiger partial charge in [-0.25, -0.2) is 0 Å². The van der Waals surface area contributed by atoms with Crippen molar-refractivity contribution < 1.29 is 0 Å². The number of rotatable bonds is 1. The van der Waals surface area contributed by atoms with E-state index in [4.69, 9.17) is 0 Å². The van der Waals surface area contributed by atoms with E-state index in [1.807, 2.05) is 0 Å². The minimum absolute atomic E-state index is 1.31. The Morgan fingerprint density at radius 3 is 2.29 bits per heavy atom. The number of para-hydroxylation sites is 1. The molecule has 5 rings (SSSR count). The van der Waals surface area contributed by atoms with Crippen LogP contribution in [0.25, 0.3) is 22.2 Å². The number of hydrogen-bond donors (Lipinski definition) is 0. The van der Waals surface area contributed by atoms with Crippen molar-refractivity contribution in [3.63, 3.8) is 0 Å². The molecule has 0 radical (unpaired) electrons. The first-order valence-corrected chi connectivity index (χ1v) is 12.1. The van der Waals surface area contributed by atoms with Crippen molar-refractivity contribution in [3.8, 4) is 11.3 Å². The summed E-state index contributed by atoms with van der Waals surface area (Å²) in [7, 11) is 2.19. The van der Waals surface area contributed by atoms with Crippen LogP contribution in [0.1, 0.15) is 0 Å². The molecule has 24 heavy (non-hydrogen) atoms. The van der Waals surface area contributed by atoms with Crippen molar-refractivity contribution in [2.24, 2.45) is 7.05 Å². The molecule has 116 valence electrons. The van der Waals surface area contributed by atoms with Gasteiger partial charge >= 0.3 is 150 Å². The van der Waals surface area contributed by atoms with Crippen LogP contribution in [0.4, 0.5) is 0 Å². The zero-order chi connectivity index (χ0) is 16.3. The topological polar surface area (TPSA) is 4.93 Å². The first-order valence-electron chi connectivity index (χ1n) is 8.06. The van der Waals surface area contributed by atoms with Gasteiger partial charge in [0.25, 0.3) is 0 Å². The van der Waals surface area contributed by atoms with E-state index in [-0.39, 0.29) is 0 Å². The summed E-state index contributed by atoms with van der Waals surface area (Å²) in [5, 5.41) is 5.74. The van der Waals surface area contributed by atoms with E-state index in [1.165, 1.54) is 38.1 Å². The number of benzene rings is 3. The van der Waals surface area contributed by atoms with Crippen molar-refractivity contribution in [2.75, 3.05) is 0 Å². The molecule has 0 saturated carbocycles. The average molecular weight is 392 g/mol. The van der Waals surface area contributed by atoms with Crippen LogP contribution >= 0.6 is 5.95 Å². The Morgan fingerprint density at radius 1 is 0.792 bits per heavy atom. The van der Waals surface area contributed by atoms with Gasteiger partial charge in [-0.1, -0.05) is 0 Å². The molecule has 1 aliphatic rings. The first-order chi connectivity index (χ1) is 11.7. The van der Waals surface area contributed by atoms with E-state index in [9.17, 15) is 0 Å². The molecule has 3 heteroatoms. The Bertz CT molecular complexity index is 1080. The van der Waals surface area contributed by atoms with Crippen molar-refractivity contribution in [1.82, 2.24) is 4.57 Å². The molecule has 3 aromatic carbocycles. The predicted octanol–water partition coefficient (Wildman–Crippen LogP) is 3.54. The number of aromatic nitrogens is 1. The molecular formula is C21H16NPSe. The summed E-state index contributed by atoms with van der Waals surface area (Å²) >= 11 is 3.68. The fourth-order valence-electron chi connectivity index (χ4n) is 3.98. The standard InChI is InChI=1S/C21H16NPSe/c1-22-18-13-7-5-11-16(18)21-20(22)17-12-6-8-14-19(17)23(21,24)15-9-3-2-4-10-15/h2-14H,1H3. The van der Waals surface area contributed by atoms with Crippen molar-refractivity contribution in [2.45, 2.75) is 0 Å². The number of nitrogens with zero attached hydrogens (tertiary/aromatic N) is 1. The SMILES string of the molecule is Cn1c2c(c3ccccc31)[P+]([Se-])(c1ccccc1)c1ccccc1-2. The Balaban J connectivity index is 2.00. The van der Waals surface area contributed by atoms with Crippen LogP contribution in [0.3, 0.4) is 0 Å². The van der Waals surface area contributed by atoms with Gasteiger partial charge in [0.05, 0.1) is 0 Å². The minimum atomic E-state index is -1.72. The van der Waals surface area contributed by atoms with Gasteiger partial charge in [0.1, 0.15) is 0 Å². The molecule has 0 aliphatic carbocycles. The maximum atomic E-state index is 3.68. The Kier molecular flexibility index (Phi) is 3.06. The van der Waals surface area contributed by atoms with Crippen LogP contribution in [0.15, 0.2) is 78.9 Å². The van der Waals surface area contributed by atoms with Crippen LogP contribution in [0.5, 0.6) is 0 Å². The van der Waals surface area contributed by atoms with Gasteiger partial charge in [-0.2, -0.15) is 0 Å². The van der Waals surface area contributed by atoms with Crippen LogP contribution < -0.4 is 15.9 Å². The molecule has 4 aromatic rings. The third kappa shape index (κ3) is 1.69. The second-order valence-corrected chi connectivity index (χ2v) is 12.3. The van der Waals surface area contributed by atoms with Crippen molar-refractivity contribution >= 4 is 48.3 Å². The molecule has 1 unspecified atom stereocenters. The van der Waals surface area contributed by atoms with Crippen molar-refractivity contribution in [3.05, 3.63) is 78.9 Å². The molecule has 0 spiro atoms. The van der Waals surface area contributed by atoms with E-state index in [0.29, 0.717) is 0 Å². The zero-order valence-corrected chi connectivity index (χ0v) is 15.9. The molecule has 2 heterocycles. The summed E-state index contributed by atoms with van der Waals surface area (Å²) in [4.78, 5) is 0. The monoisotopic (exact) mass is 393 g/mol. The van der Waals surface area contributed by atoms with E-state index < -0.39 is 5.95 Å². The Hall–Kier alpha value is -1.85. The van der Waals surface area contributed by atoms with E-state index in [2.05, 4.69) is 106 Å². The molecule has 0 bridgehead atoms. The zero-order valence-electron chi connectivity index (χ0n) is 13.3. The van der Waals surface area contributed by atoms with Gasteiger partial charge in [-0.05, 0) is 0 Å². The third-order valence-corrected chi connectivity index (χ3v) is 11.9. The van der Waals surface area contributed by atoms with Crippen molar-refractivity contribution in [1.29, 1.82) is 0 Å². The molecular weight excluding hydrogens is 376 g/mol. The molecule has 0 N–H and O–H groups in total. The second-order valence-electron chi connectivity index (χ2n) is 6.24. The van der Waals surface area contributed by atoms with Gasteiger partial charge < -0.3 is 0 Å². The van der Waals surface area contributed by atoms with Gasteiger partial charge in [0, 0.05) is 0 Å². The normalized spacial score (nSPS) is 18.6. The molecule has 1 aliphatic heterocycles. The molecule has 1 atom stereocenters. The van der Waals surface area contributed by atoms with Gasteiger partial charge in [0.15, 0.2) is 0 Å². The van der Waals surface area contributed by atoms with E-state index in [0.717, 1.165) is 0 Å². The summed E-state index contributed by atoms with van der Waals surface area (Å²) in [6, 6.07) is 28.6. The third-order valence-electron chi connectivity index (χ3n) is 5.01. The molecule has 0 fully saturated rings. The van der Waals surface area contributed by atoms with E-state index in [1.54, 1.807) is 0 Å². The van der Waals surface area contributed by atoms with Crippen LogP contribution in [-0.2, 0) is 7.05 Å².